The highest BCUT2D eigenvalue weighted by atomic mass is 16.5. The number of hydrogen-bond donors (Lipinski definition) is 3. The molecular formula is C30H43N7O2. The number of nitrogens with two attached hydrogens (primary N) is 1. The molecule has 0 saturated carbocycles. The van der Waals surface area contributed by atoms with E-state index >= 15 is 0 Å². The van der Waals surface area contributed by atoms with Gasteiger partial charge in [0.2, 0.25) is 5.95 Å². The quantitative estimate of drug-likeness (QED) is 0.180. The molecule has 39 heavy (non-hydrogen) atoms. The van der Waals surface area contributed by atoms with Crippen molar-refractivity contribution in [1.82, 2.24) is 19.9 Å². The van der Waals surface area contributed by atoms with E-state index in [1.54, 1.807) is 0 Å². The second-order valence-electron chi connectivity index (χ2n) is 10.7. The summed E-state index contributed by atoms with van der Waals surface area (Å²) in [5.74, 6) is -0.0925. The van der Waals surface area contributed by atoms with E-state index in [1.807, 2.05) is 57.3 Å². The standard InChI is InChI=1S/C30H37N7O2.3H2/c1-18(2)39-29(38)23-16-33-30(35-28(23)22-15-32-25-11-7-6-10-21(22)25)34-26-14-24(31)27(13-19(26)3)37(5)17-20-9-8-12-36(20)4;;;/h6-7,10-11,13-16,18,20,32H,8-9,12,17,31H2,1-5H3,(H,33,34,35);3*1H/t20-;;;/m1.../s1/i;3*1+2T. The molecule has 9 heteroatoms. The van der Waals surface area contributed by atoms with Gasteiger partial charge in [0.05, 0.1) is 23.2 Å². The number of anilines is 4. The van der Waals surface area contributed by atoms with Crippen LogP contribution in [0.4, 0.5) is 23.0 Å². The van der Waals surface area contributed by atoms with Gasteiger partial charge in [0.25, 0.3) is 0 Å². The molecule has 4 N–H and O–H groups in total. The molecule has 1 aliphatic heterocycles. The number of aromatic amines is 1. The number of fused-ring (bicyclic) bond motifs is 1. The first-order chi connectivity index (χ1) is 21.7. The molecule has 2 aromatic heterocycles. The fourth-order valence-electron chi connectivity index (χ4n) is 5.26. The van der Waals surface area contributed by atoms with Gasteiger partial charge in [0.15, 0.2) is 0 Å². The van der Waals surface area contributed by atoms with Crippen LogP contribution < -0.4 is 16.0 Å². The number of nitrogens with one attached hydrogen (secondary N) is 2. The summed E-state index contributed by atoms with van der Waals surface area (Å²) < 4.78 is 35.5. The maximum Gasteiger partial charge on any atom is 0.342 e. The van der Waals surface area contributed by atoms with E-state index in [1.165, 1.54) is 19.0 Å². The molecule has 5 rings (SSSR count). The molecule has 0 amide bonds. The van der Waals surface area contributed by atoms with Gasteiger partial charge in [-0.3, -0.25) is 0 Å². The van der Waals surface area contributed by atoms with Gasteiger partial charge < -0.3 is 30.6 Å². The lowest BCUT2D eigenvalue weighted by Crippen LogP contribution is -2.36. The predicted molar refractivity (Wildman–Crippen MR) is 164 cm³/mol. The number of ether oxygens (including phenoxy) is 1. The highest BCUT2D eigenvalue weighted by Crippen LogP contribution is 2.34. The molecule has 1 atom stereocenters. The Morgan fingerprint density at radius 1 is 1.36 bits per heavy atom. The Bertz CT molecular complexity index is 1520. The van der Waals surface area contributed by atoms with Gasteiger partial charge in [0, 0.05) is 63.1 Å². The number of aromatic nitrogens is 3. The molecule has 1 aliphatic rings. The SMILES string of the molecule is Cc1cc(N(C)C[C@H]2CCCN2C)c(N)cc1Nc1ncc(C(=O)OC(C)C)c(-c2c[nH]c3ccccc23)n1.[3H][3H].[3H][3H].[3H][3H]. The van der Waals surface area contributed by atoms with Crippen LogP contribution in [-0.2, 0) is 4.74 Å². The van der Waals surface area contributed by atoms with Crippen molar-refractivity contribution in [3.63, 3.8) is 0 Å². The molecule has 4 aromatic rings. The predicted octanol–water partition coefficient (Wildman–Crippen LogP) is 6.09. The summed E-state index contributed by atoms with van der Waals surface area (Å²) in [6.07, 6.45) is 5.56. The van der Waals surface area contributed by atoms with Crippen molar-refractivity contribution < 1.29 is 18.4 Å². The van der Waals surface area contributed by atoms with E-state index in [-0.39, 0.29) is 6.10 Å². The summed E-state index contributed by atoms with van der Waals surface area (Å²) in [6, 6.07) is 12.5. The summed E-state index contributed by atoms with van der Waals surface area (Å²) in [6.45, 7) is 7.75. The van der Waals surface area contributed by atoms with Crippen molar-refractivity contribution in [3.05, 3.63) is 59.9 Å². The molecule has 0 bridgehead atoms. The van der Waals surface area contributed by atoms with Gasteiger partial charge in [-0.25, -0.2) is 14.8 Å². The van der Waals surface area contributed by atoms with Gasteiger partial charge in [-0.1, -0.05) is 18.2 Å². The number of rotatable bonds is 8. The van der Waals surface area contributed by atoms with Crippen molar-refractivity contribution in [2.75, 3.05) is 43.1 Å². The van der Waals surface area contributed by atoms with Crippen LogP contribution in [0.5, 0.6) is 0 Å². The average molecular weight is 546 g/mol. The second-order valence-corrected chi connectivity index (χ2v) is 10.7. The van der Waals surface area contributed by atoms with Crippen molar-refractivity contribution in [1.29, 1.82) is 0 Å². The fourth-order valence-corrected chi connectivity index (χ4v) is 5.26. The molecule has 3 heterocycles. The number of carbonyl (C=O) groups excluding carboxylic acids is 1. The van der Waals surface area contributed by atoms with E-state index in [0.717, 1.165) is 46.5 Å². The van der Waals surface area contributed by atoms with Crippen LogP contribution in [0.25, 0.3) is 22.2 Å². The first-order valence-corrected chi connectivity index (χ1v) is 13.4. The lowest BCUT2D eigenvalue weighted by molar-refractivity contribution is 0.0378. The second kappa shape index (κ2) is 10.9. The molecule has 2 aromatic carbocycles. The third-order valence-corrected chi connectivity index (χ3v) is 7.38. The third kappa shape index (κ3) is 5.54. The Labute approximate surface area is 238 Å². The lowest BCUT2D eigenvalue weighted by Gasteiger charge is -2.29. The monoisotopic (exact) mass is 545 g/mol. The highest BCUT2D eigenvalue weighted by molar-refractivity contribution is 6.02. The summed E-state index contributed by atoms with van der Waals surface area (Å²) in [5.41, 5.74) is 12.6. The third-order valence-electron chi connectivity index (χ3n) is 7.38. The number of nitrogens with zero attached hydrogens (tertiary/aromatic N) is 4. The summed E-state index contributed by atoms with van der Waals surface area (Å²) in [5, 5.41) is 4.29. The van der Waals surface area contributed by atoms with E-state index in [0.29, 0.717) is 28.9 Å². The smallest absolute Gasteiger partial charge is 0.342 e. The number of carbonyl (C=O) groups is 1. The molecule has 9 nitrogen and oxygen atoms in total. The average Bonchev–Trinajstić information content (AvgIpc) is 3.67. The minimum atomic E-state index is -0.461. The number of nitrogen functional groups attached to an aromatic ring is 1. The van der Waals surface area contributed by atoms with Gasteiger partial charge in [-0.05, 0) is 71.0 Å². The topological polar surface area (TPSA) is 112 Å². The van der Waals surface area contributed by atoms with E-state index in [2.05, 4.69) is 45.2 Å². The summed E-state index contributed by atoms with van der Waals surface area (Å²) in [7, 11) is 4.28. The fraction of sp³-hybridized carbons (Fsp3) is 0.367. The highest BCUT2D eigenvalue weighted by Gasteiger charge is 2.24. The zero-order valence-corrected chi connectivity index (χ0v) is 23.3. The van der Waals surface area contributed by atoms with E-state index in [4.69, 9.17) is 24.4 Å². The normalized spacial score (nSPS) is 16.3. The number of likely N-dealkylation sites (tertiary alicyclic amines) is 1. The maximum atomic E-state index is 13.0. The Kier molecular flexibility index (Phi) is 6.41. The zero-order chi connectivity index (χ0) is 33.7. The number of benzene rings is 2. The Morgan fingerprint density at radius 2 is 2.15 bits per heavy atom. The number of H-pyrrole nitrogens is 1. The maximum absolute atomic E-state index is 13.0. The molecule has 1 fully saturated rings. The minimum Gasteiger partial charge on any atom is -0.459 e. The largest absolute Gasteiger partial charge is 0.459 e. The Balaban J connectivity index is 0.00000111. The molecule has 0 radical (unpaired) electrons. The van der Waals surface area contributed by atoms with Gasteiger partial charge in [-0.2, -0.15) is 0 Å². The van der Waals surface area contributed by atoms with Gasteiger partial charge in [0.1, 0.15) is 5.56 Å². The molecule has 1 saturated heterocycles. The van der Waals surface area contributed by atoms with Crippen LogP contribution in [0.2, 0.25) is 0 Å². The Hall–Kier alpha value is -4.11. The molecule has 210 valence electrons. The number of para-hydroxylation sites is 1. The summed E-state index contributed by atoms with van der Waals surface area (Å²) in [4.78, 5) is 30.1. The zero-order valence-electron chi connectivity index (χ0n) is 29.3. The van der Waals surface area contributed by atoms with E-state index < -0.39 is 5.97 Å². The van der Waals surface area contributed by atoms with Crippen molar-refractivity contribution in [3.8, 4) is 11.3 Å². The van der Waals surface area contributed by atoms with Gasteiger partial charge in [-0.15, -0.1) is 0 Å². The first kappa shape index (κ1) is 22.8. The van der Waals surface area contributed by atoms with Crippen LogP contribution in [0, 0.1) is 6.92 Å². The number of esters is 1. The molecule has 0 unspecified atom stereocenters. The van der Waals surface area contributed by atoms with Crippen molar-refractivity contribution in [2.45, 2.75) is 45.8 Å². The lowest BCUT2D eigenvalue weighted by atomic mass is 10.1. The van der Waals surface area contributed by atoms with E-state index in [9.17, 15) is 4.79 Å². The summed E-state index contributed by atoms with van der Waals surface area (Å²) >= 11 is 0. The van der Waals surface area contributed by atoms with Crippen molar-refractivity contribution in [2.24, 2.45) is 0 Å². The van der Waals surface area contributed by atoms with Crippen LogP contribution >= 0.6 is 0 Å². The number of likely N-dealkylation sites (N-methyl/N-ethyl adjacent to an activating group) is 2. The van der Waals surface area contributed by atoms with Crippen LogP contribution in [0.1, 0.15) is 51.5 Å². The number of hydrogen-bond acceptors (Lipinski definition) is 8. The van der Waals surface area contributed by atoms with Crippen LogP contribution in [-0.4, -0.2) is 65.2 Å². The van der Waals surface area contributed by atoms with Crippen LogP contribution in [0.15, 0.2) is 48.8 Å². The molecule has 0 aliphatic carbocycles. The molecular weight excluding hydrogens is 490 g/mol. The van der Waals surface area contributed by atoms with Crippen molar-refractivity contribution >= 4 is 39.9 Å². The Morgan fingerprint density at radius 3 is 2.90 bits per heavy atom. The first-order valence-electron chi connectivity index (χ1n) is 16.4. The van der Waals surface area contributed by atoms with Gasteiger partial charge >= 0.3 is 5.97 Å². The number of aryl methyl sites for hydroxylation is 1. The van der Waals surface area contributed by atoms with Crippen LogP contribution in [0.3, 0.4) is 0 Å². The molecule has 0 spiro atoms. The minimum absolute atomic E-state index is 0.262.